The van der Waals surface area contributed by atoms with Crippen molar-refractivity contribution in [1.82, 2.24) is 0 Å². The molecule has 3 aromatic carbocycles. The van der Waals surface area contributed by atoms with Crippen molar-refractivity contribution in [2.45, 2.75) is 26.2 Å². The number of benzene rings is 3. The van der Waals surface area contributed by atoms with Crippen molar-refractivity contribution >= 4 is 28.9 Å². The Bertz CT molecular complexity index is 1440. The van der Waals surface area contributed by atoms with E-state index < -0.39 is 11.8 Å². The lowest BCUT2D eigenvalue weighted by atomic mass is 9.72. The summed E-state index contributed by atoms with van der Waals surface area (Å²) in [6.45, 7) is 5.82. The molecule has 0 heterocycles. The Morgan fingerprint density at radius 1 is 1.06 bits per heavy atom. The van der Waals surface area contributed by atoms with E-state index in [0.29, 0.717) is 11.1 Å². The first-order chi connectivity index (χ1) is 17.3. The third-order valence-corrected chi connectivity index (χ3v) is 6.51. The van der Waals surface area contributed by atoms with Crippen LogP contribution in [0.25, 0.3) is 17.2 Å². The molecule has 0 aliphatic heterocycles. The summed E-state index contributed by atoms with van der Waals surface area (Å²) >= 11 is 0. The fourth-order valence-electron chi connectivity index (χ4n) is 4.48. The highest BCUT2D eigenvalue weighted by Crippen LogP contribution is 2.46. The zero-order chi connectivity index (χ0) is 25.8. The van der Waals surface area contributed by atoms with Crippen molar-refractivity contribution in [3.8, 4) is 6.07 Å². The van der Waals surface area contributed by atoms with Crippen LogP contribution in [0.5, 0.6) is 0 Å². The predicted molar refractivity (Wildman–Crippen MR) is 143 cm³/mol. The number of rotatable bonds is 7. The monoisotopic (exact) mass is 479 g/mol. The van der Waals surface area contributed by atoms with Gasteiger partial charge in [0.2, 0.25) is 5.97 Å². The van der Waals surface area contributed by atoms with Gasteiger partial charge in [-0.1, -0.05) is 67.1 Å². The number of hydrogen-bond acceptors (Lipinski definition) is 3. The minimum Gasteiger partial charge on any atom is -0.398 e. The number of hydrogen-bond donors (Lipinski definition) is 2. The molecule has 0 saturated heterocycles. The molecule has 3 nitrogen and oxygen atoms in total. The van der Waals surface area contributed by atoms with E-state index in [1.807, 2.05) is 43.3 Å². The van der Waals surface area contributed by atoms with E-state index in [1.165, 1.54) is 12.1 Å². The molecular formula is C31H27F2N3. The molecule has 3 N–H and O–H groups in total. The molecule has 0 radical (unpaired) electrons. The Hall–Kier alpha value is -4.30. The molecule has 1 aliphatic carbocycles. The highest BCUT2D eigenvalue weighted by atomic mass is 19.1. The maximum atomic E-state index is 14.1. The Kier molecular flexibility index (Phi) is 7.26. The summed E-state index contributed by atoms with van der Waals surface area (Å²) in [5.74, 6) is -1.43. The molecule has 5 heteroatoms. The van der Waals surface area contributed by atoms with Crippen LogP contribution in [0.4, 0.5) is 14.5 Å². The smallest absolute Gasteiger partial charge is 0.214 e. The van der Waals surface area contributed by atoms with Gasteiger partial charge in [-0.2, -0.15) is 9.65 Å². The largest absolute Gasteiger partial charge is 0.398 e. The number of halogens is 2. The Labute approximate surface area is 210 Å². The Balaban J connectivity index is 2.02. The first kappa shape index (κ1) is 24.8. The van der Waals surface area contributed by atoms with Gasteiger partial charge in [0.25, 0.3) is 0 Å². The van der Waals surface area contributed by atoms with E-state index in [9.17, 15) is 14.0 Å². The third-order valence-electron chi connectivity index (χ3n) is 6.51. The van der Waals surface area contributed by atoms with Gasteiger partial charge in [0.15, 0.2) is 0 Å². The predicted octanol–water partition coefficient (Wildman–Crippen LogP) is 7.92. The Morgan fingerprint density at radius 3 is 2.33 bits per heavy atom. The highest BCUT2D eigenvalue weighted by molar-refractivity contribution is 6.03. The topological polar surface area (TPSA) is 73.7 Å². The molecule has 0 bridgehead atoms. The van der Waals surface area contributed by atoms with Gasteiger partial charge in [-0.15, -0.1) is 0 Å². The number of nitriles is 1. The van der Waals surface area contributed by atoms with E-state index in [2.05, 4.69) is 12.6 Å². The molecule has 36 heavy (non-hydrogen) atoms. The minimum absolute atomic E-state index is 0.0126. The number of nitrogens with one attached hydrogen (secondary N) is 1. The van der Waals surface area contributed by atoms with Crippen LogP contribution in [0.3, 0.4) is 0 Å². The van der Waals surface area contributed by atoms with Crippen molar-refractivity contribution in [2.75, 3.05) is 5.73 Å². The van der Waals surface area contributed by atoms with E-state index >= 15 is 0 Å². The average molecular weight is 480 g/mol. The van der Waals surface area contributed by atoms with Crippen molar-refractivity contribution < 1.29 is 8.78 Å². The van der Waals surface area contributed by atoms with Gasteiger partial charge in [0.05, 0.1) is 17.2 Å². The zero-order valence-corrected chi connectivity index (χ0v) is 20.1. The first-order valence-electron chi connectivity index (χ1n) is 11.8. The molecule has 1 saturated carbocycles. The lowest BCUT2D eigenvalue weighted by Gasteiger charge is -2.32. The van der Waals surface area contributed by atoms with Gasteiger partial charge in [0.1, 0.15) is 5.82 Å². The fourth-order valence-corrected chi connectivity index (χ4v) is 4.48. The van der Waals surface area contributed by atoms with Gasteiger partial charge in [0, 0.05) is 5.69 Å². The molecule has 1 fully saturated rings. The van der Waals surface area contributed by atoms with Gasteiger partial charge in [-0.25, -0.2) is 4.39 Å². The van der Waals surface area contributed by atoms with E-state index in [-0.39, 0.29) is 22.7 Å². The van der Waals surface area contributed by atoms with Crippen LogP contribution in [-0.4, -0.2) is 5.97 Å². The van der Waals surface area contributed by atoms with Gasteiger partial charge < -0.3 is 5.73 Å². The molecular weight excluding hydrogens is 452 g/mol. The third kappa shape index (κ3) is 5.18. The van der Waals surface area contributed by atoms with Crippen LogP contribution in [0.15, 0.2) is 78.9 Å². The van der Waals surface area contributed by atoms with Crippen molar-refractivity contribution in [3.05, 3.63) is 118 Å². The summed E-state index contributed by atoms with van der Waals surface area (Å²) in [7, 11) is 0. The number of nitrogens with two attached hydrogens (primary N) is 1. The second kappa shape index (κ2) is 10.5. The van der Waals surface area contributed by atoms with E-state index in [4.69, 9.17) is 11.1 Å². The molecule has 0 unspecified atom stereocenters. The average Bonchev–Trinajstić information content (AvgIpc) is 2.82. The highest BCUT2D eigenvalue weighted by Gasteiger charge is 2.29. The van der Waals surface area contributed by atoms with Crippen LogP contribution in [0.2, 0.25) is 0 Å². The normalized spacial score (nSPS) is 14.2. The summed E-state index contributed by atoms with van der Waals surface area (Å²) < 4.78 is 28.1. The molecule has 0 aromatic heterocycles. The Morgan fingerprint density at radius 2 is 1.75 bits per heavy atom. The SMILES string of the molecule is C=C(C)/C=C/c1ccc(/C(=C(\c2ccc(F)cc2C#N)C2CCC2)c2ccc(N)c(C(=N)F)c2)cc1. The van der Waals surface area contributed by atoms with Crippen LogP contribution in [0, 0.1) is 28.5 Å². The lowest BCUT2D eigenvalue weighted by Crippen LogP contribution is -2.16. The van der Waals surface area contributed by atoms with E-state index in [0.717, 1.165) is 47.1 Å². The number of anilines is 1. The maximum Gasteiger partial charge on any atom is 0.214 e. The van der Waals surface area contributed by atoms with Gasteiger partial charge >= 0.3 is 0 Å². The lowest BCUT2D eigenvalue weighted by molar-refractivity contribution is 0.401. The molecule has 4 rings (SSSR count). The van der Waals surface area contributed by atoms with Crippen molar-refractivity contribution in [2.24, 2.45) is 5.92 Å². The fraction of sp³-hybridized carbons (Fsp3) is 0.161. The second-order valence-corrected chi connectivity index (χ2v) is 9.14. The molecule has 0 amide bonds. The summed E-state index contributed by atoms with van der Waals surface area (Å²) in [6, 6.07) is 19.3. The molecule has 1 aliphatic rings. The van der Waals surface area contributed by atoms with E-state index in [1.54, 1.807) is 24.3 Å². The van der Waals surface area contributed by atoms with Crippen LogP contribution in [-0.2, 0) is 0 Å². The van der Waals surface area contributed by atoms with Crippen LogP contribution >= 0.6 is 0 Å². The standard InChI is InChI=1S/C31H27F2N3/c1-19(2)6-7-20-8-10-22(11-9-20)29(23-12-15-28(35)27(17-23)31(33)36)30(21-4-3-5-21)26-14-13-25(32)16-24(26)18-34/h6-17,21,36H,1,3-5,35H2,2H3/b7-6+,30-29+,36-31?. The number of nitrogens with zero attached hydrogens (tertiary/aromatic N) is 1. The minimum atomic E-state index is -1.11. The number of nitrogen functional groups attached to an aromatic ring is 1. The van der Waals surface area contributed by atoms with Gasteiger partial charge in [-0.3, -0.25) is 5.41 Å². The molecule has 180 valence electrons. The molecule has 3 aromatic rings. The summed E-state index contributed by atoms with van der Waals surface area (Å²) in [5.41, 5.74) is 12.3. The quantitative estimate of drug-likeness (QED) is 0.156. The van der Waals surface area contributed by atoms with Gasteiger partial charge in [-0.05, 0) is 83.3 Å². The van der Waals surface area contributed by atoms with Crippen LogP contribution in [0.1, 0.15) is 59.6 Å². The summed E-state index contributed by atoms with van der Waals surface area (Å²) in [5, 5.41) is 17.4. The first-order valence-corrected chi connectivity index (χ1v) is 11.8. The maximum absolute atomic E-state index is 14.1. The number of allylic oxidation sites excluding steroid dienone is 3. The molecule has 0 atom stereocenters. The summed E-state index contributed by atoms with van der Waals surface area (Å²) in [6.07, 6.45) is 6.82. The van der Waals surface area contributed by atoms with Crippen LogP contribution < -0.4 is 5.73 Å². The zero-order valence-electron chi connectivity index (χ0n) is 20.1. The van der Waals surface area contributed by atoms with Crippen molar-refractivity contribution in [1.29, 1.82) is 10.7 Å². The van der Waals surface area contributed by atoms with Crippen molar-refractivity contribution in [3.63, 3.8) is 0 Å². The summed E-state index contributed by atoms with van der Waals surface area (Å²) in [4.78, 5) is 0. The second-order valence-electron chi connectivity index (χ2n) is 9.14. The molecule has 0 spiro atoms.